The molecule has 2 aromatic rings. The highest BCUT2D eigenvalue weighted by Crippen LogP contribution is 2.19. The van der Waals surface area contributed by atoms with Gasteiger partial charge in [-0.05, 0) is 37.1 Å². The molecule has 7 heteroatoms. The highest BCUT2D eigenvalue weighted by Gasteiger charge is 2.16. The van der Waals surface area contributed by atoms with Gasteiger partial charge in [0.15, 0.2) is 5.76 Å². The number of amides is 1. The van der Waals surface area contributed by atoms with Gasteiger partial charge in [0.2, 0.25) is 5.91 Å². The standard InChI is InChI=1S/C15H17N3O3S/c19-14(16-9-11-3-1-7-20-11)10-22-15-6-5-12(17-18-15)13-4-2-8-21-13/h2,4-6,8,11H,1,3,7,9-10H2,(H,16,19)/t11-/m1/s1. The monoisotopic (exact) mass is 319 g/mol. The Morgan fingerprint density at radius 2 is 2.32 bits per heavy atom. The summed E-state index contributed by atoms with van der Waals surface area (Å²) in [6.45, 7) is 1.38. The van der Waals surface area contributed by atoms with Crippen LogP contribution in [0.3, 0.4) is 0 Å². The third-order valence-corrected chi connectivity index (χ3v) is 4.24. The van der Waals surface area contributed by atoms with Crippen molar-refractivity contribution in [1.82, 2.24) is 15.5 Å². The maximum Gasteiger partial charge on any atom is 0.230 e. The van der Waals surface area contributed by atoms with Crippen LogP contribution in [0, 0.1) is 0 Å². The molecule has 6 nitrogen and oxygen atoms in total. The summed E-state index contributed by atoms with van der Waals surface area (Å²) >= 11 is 1.36. The van der Waals surface area contributed by atoms with Gasteiger partial charge in [-0.15, -0.1) is 10.2 Å². The van der Waals surface area contributed by atoms with Crippen molar-refractivity contribution in [2.75, 3.05) is 18.9 Å². The van der Waals surface area contributed by atoms with Gasteiger partial charge in [0.05, 0.1) is 18.1 Å². The Kier molecular flexibility index (Phi) is 5.07. The molecule has 1 aliphatic heterocycles. The first-order valence-electron chi connectivity index (χ1n) is 7.20. The molecule has 0 aliphatic carbocycles. The van der Waals surface area contributed by atoms with Crippen LogP contribution in [0.4, 0.5) is 0 Å². The number of hydrogen-bond acceptors (Lipinski definition) is 6. The minimum Gasteiger partial charge on any atom is -0.463 e. The van der Waals surface area contributed by atoms with Crippen molar-refractivity contribution in [2.24, 2.45) is 0 Å². The smallest absolute Gasteiger partial charge is 0.230 e. The summed E-state index contributed by atoms with van der Waals surface area (Å²) in [6.07, 6.45) is 3.86. The Labute approximate surface area is 132 Å². The number of furan rings is 1. The molecule has 0 bridgehead atoms. The maximum atomic E-state index is 11.8. The predicted octanol–water partition coefficient (Wildman–Crippen LogP) is 2.12. The van der Waals surface area contributed by atoms with Crippen molar-refractivity contribution < 1.29 is 13.9 Å². The highest BCUT2D eigenvalue weighted by molar-refractivity contribution is 7.99. The first-order chi connectivity index (χ1) is 10.8. The third kappa shape index (κ3) is 4.08. The molecule has 3 heterocycles. The molecule has 1 amide bonds. The summed E-state index contributed by atoms with van der Waals surface area (Å²) in [4.78, 5) is 11.8. The molecule has 0 unspecified atom stereocenters. The number of aromatic nitrogens is 2. The molecule has 3 rings (SSSR count). The van der Waals surface area contributed by atoms with Gasteiger partial charge in [-0.1, -0.05) is 11.8 Å². The van der Waals surface area contributed by atoms with Crippen molar-refractivity contribution in [1.29, 1.82) is 0 Å². The minimum absolute atomic E-state index is 0.0163. The number of hydrogen-bond donors (Lipinski definition) is 1. The number of carbonyl (C=O) groups is 1. The molecule has 22 heavy (non-hydrogen) atoms. The summed E-state index contributed by atoms with van der Waals surface area (Å²) in [5, 5.41) is 11.8. The zero-order valence-corrected chi connectivity index (χ0v) is 12.8. The largest absolute Gasteiger partial charge is 0.463 e. The molecule has 1 fully saturated rings. The summed E-state index contributed by atoms with van der Waals surface area (Å²) in [5.74, 6) is 0.984. The van der Waals surface area contributed by atoms with E-state index < -0.39 is 0 Å². The summed E-state index contributed by atoms with van der Waals surface area (Å²) in [5.41, 5.74) is 0.678. The number of rotatable bonds is 6. The van der Waals surface area contributed by atoms with E-state index in [0.717, 1.165) is 19.4 Å². The van der Waals surface area contributed by atoms with Gasteiger partial charge in [0, 0.05) is 13.2 Å². The molecule has 2 aromatic heterocycles. The molecule has 0 aromatic carbocycles. The fraction of sp³-hybridized carbons (Fsp3) is 0.400. The second kappa shape index (κ2) is 7.42. The van der Waals surface area contributed by atoms with E-state index in [1.54, 1.807) is 12.3 Å². The van der Waals surface area contributed by atoms with E-state index in [-0.39, 0.29) is 12.0 Å². The summed E-state index contributed by atoms with van der Waals surface area (Å²) in [6, 6.07) is 7.30. The molecule has 1 saturated heterocycles. The Morgan fingerprint density at radius 3 is 3.00 bits per heavy atom. The van der Waals surface area contributed by atoms with Crippen LogP contribution in [0.2, 0.25) is 0 Å². The second-order valence-electron chi connectivity index (χ2n) is 4.96. The van der Waals surface area contributed by atoms with Crippen LogP contribution in [-0.4, -0.2) is 41.1 Å². The van der Waals surface area contributed by atoms with E-state index in [1.165, 1.54) is 11.8 Å². The Morgan fingerprint density at radius 1 is 1.36 bits per heavy atom. The SMILES string of the molecule is O=C(CSc1ccc(-c2ccco2)nn1)NC[C@H]1CCCO1. The molecular weight excluding hydrogens is 302 g/mol. The number of nitrogens with one attached hydrogen (secondary N) is 1. The van der Waals surface area contributed by atoms with Gasteiger partial charge in [0.1, 0.15) is 10.7 Å². The fourth-order valence-electron chi connectivity index (χ4n) is 2.18. The van der Waals surface area contributed by atoms with Gasteiger partial charge >= 0.3 is 0 Å². The number of carbonyl (C=O) groups excluding carboxylic acids is 1. The van der Waals surface area contributed by atoms with Crippen LogP contribution in [0.15, 0.2) is 40.0 Å². The van der Waals surface area contributed by atoms with E-state index in [9.17, 15) is 4.79 Å². The lowest BCUT2D eigenvalue weighted by molar-refractivity contribution is -0.119. The van der Waals surface area contributed by atoms with Crippen LogP contribution >= 0.6 is 11.8 Å². The van der Waals surface area contributed by atoms with E-state index in [1.807, 2.05) is 18.2 Å². The van der Waals surface area contributed by atoms with Crippen LogP contribution in [0.25, 0.3) is 11.5 Å². The van der Waals surface area contributed by atoms with Crippen molar-refractivity contribution in [3.05, 3.63) is 30.5 Å². The maximum absolute atomic E-state index is 11.8. The molecule has 0 radical (unpaired) electrons. The summed E-state index contributed by atoms with van der Waals surface area (Å²) < 4.78 is 10.7. The second-order valence-corrected chi connectivity index (χ2v) is 5.96. The van der Waals surface area contributed by atoms with Gasteiger partial charge in [-0.2, -0.15) is 0 Å². The van der Waals surface area contributed by atoms with Gasteiger partial charge in [-0.25, -0.2) is 0 Å². The first kappa shape index (κ1) is 15.1. The lowest BCUT2D eigenvalue weighted by atomic mass is 10.2. The normalized spacial score (nSPS) is 17.5. The molecule has 1 aliphatic rings. The van der Waals surface area contributed by atoms with E-state index >= 15 is 0 Å². The molecule has 0 spiro atoms. The van der Waals surface area contributed by atoms with Crippen molar-refractivity contribution in [3.8, 4) is 11.5 Å². The van der Waals surface area contributed by atoms with E-state index in [2.05, 4.69) is 15.5 Å². The van der Waals surface area contributed by atoms with Crippen LogP contribution in [0.1, 0.15) is 12.8 Å². The van der Waals surface area contributed by atoms with Gasteiger partial charge < -0.3 is 14.5 Å². The molecule has 1 N–H and O–H groups in total. The minimum atomic E-state index is -0.0163. The van der Waals surface area contributed by atoms with Crippen LogP contribution < -0.4 is 5.32 Å². The highest BCUT2D eigenvalue weighted by atomic mass is 32.2. The van der Waals surface area contributed by atoms with Crippen LogP contribution in [-0.2, 0) is 9.53 Å². The van der Waals surface area contributed by atoms with E-state index in [4.69, 9.17) is 9.15 Å². The average molecular weight is 319 g/mol. The van der Waals surface area contributed by atoms with Crippen molar-refractivity contribution >= 4 is 17.7 Å². The predicted molar refractivity (Wildman–Crippen MR) is 82.4 cm³/mol. The fourth-order valence-corrected chi connectivity index (χ4v) is 2.82. The zero-order valence-electron chi connectivity index (χ0n) is 12.0. The van der Waals surface area contributed by atoms with Gasteiger partial charge in [0.25, 0.3) is 0 Å². The van der Waals surface area contributed by atoms with Gasteiger partial charge in [-0.3, -0.25) is 4.79 Å². The Hall–Kier alpha value is -1.86. The van der Waals surface area contributed by atoms with Crippen molar-refractivity contribution in [2.45, 2.75) is 24.0 Å². The number of nitrogens with zero attached hydrogens (tertiary/aromatic N) is 2. The quantitative estimate of drug-likeness (QED) is 0.822. The number of ether oxygens (including phenoxy) is 1. The molecule has 1 atom stereocenters. The van der Waals surface area contributed by atoms with Crippen LogP contribution in [0.5, 0.6) is 0 Å². The first-order valence-corrected chi connectivity index (χ1v) is 8.18. The topological polar surface area (TPSA) is 77.2 Å². The molecule has 116 valence electrons. The molecular formula is C15H17N3O3S. The average Bonchev–Trinajstić information content (AvgIpc) is 3.24. The molecule has 0 saturated carbocycles. The van der Waals surface area contributed by atoms with Crippen molar-refractivity contribution in [3.63, 3.8) is 0 Å². The summed E-state index contributed by atoms with van der Waals surface area (Å²) in [7, 11) is 0. The Balaban J connectivity index is 1.43. The Bertz CT molecular complexity index is 595. The third-order valence-electron chi connectivity index (χ3n) is 3.32. The lowest BCUT2D eigenvalue weighted by Crippen LogP contribution is -2.32. The lowest BCUT2D eigenvalue weighted by Gasteiger charge is -2.10. The number of thioether (sulfide) groups is 1. The zero-order chi connectivity index (χ0) is 15.2. The van der Waals surface area contributed by atoms with E-state index in [0.29, 0.717) is 28.8 Å².